The number of amides is 1. The van der Waals surface area contributed by atoms with Crippen LogP contribution in [0, 0.1) is 5.82 Å². The lowest BCUT2D eigenvalue weighted by atomic mass is 9.83. The van der Waals surface area contributed by atoms with Crippen LogP contribution >= 0.6 is 0 Å². The zero-order valence-electron chi connectivity index (χ0n) is 15.9. The second kappa shape index (κ2) is 7.11. The maximum atomic E-state index is 15.1. The number of hydrogen-bond donors (Lipinski definition) is 1. The summed E-state index contributed by atoms with van der Waals surface area (Å²) < 4.78 is 55.1. The number of hydrogen-bond acceptors (Lipinski definition) is 6. The molecule has 11 heteroatoms. The molecule has 31 heavy (non-hydrogen) atoms. The van der Waals surface area contributed by atoms with Gasteiger partial charge in [-0.05, 0) is 35.9 Å². The van der Waals surface area contributed by atoms with Gasteiger partial charge in [0.15, 0.2) is 5.96 Å². The van der Waals surface area contributed by atoms with E-state index in [1.165, 1.54) is 31.6 Å². The number of benzene rings is 1. The van der Waals surface area contributed by atoms with E-state index in [1.54, 1.807) is 6.07 Å². The van der Waals surface area contributed by atoms with Crippen molar-refractivity contribution in [3.05, 3.63) is 77.6 Å². The quantitative estimate of drug-likeness (QED) is 0.645. The predicted molar refractivity (Wildman–Crippen MR) is 102 cm³/mol. The van der Waals surface area contributed by atoms with Gasteiger partial charge in [0.1, 0.15) is 5.82 Å². The molecule has 3 heterocycles. The van der Waals surface area contributed by atoms with E-state index in [-0.39, 0.29) is 11.5 Å². The Bertz CT molecular complexity index is 1200. The molecule has 2 aromatic heterocycles. The van der Waals surface area contributed by atoms with Crippen molar-refractivity contribution in [3.8, 4) is 11.1 Å². The molecule has 2 N–H and O–H groups in total. The number of carbonyl (C=O) groups is 1. The van der Waals surface area contributed by atoms with E-state index < -0.39 is 34.7 Å². The molecule has 0 saturated heterocycles. The van der Waals surface area contributed by atoms with Gasteiger partial charge in [-0.3, -0.25) is 14.7 Å². The zero-order valence-corrected chi connectivity index (χ0v) is 15.9. The molecule has 1 aliphatic rings. The van der Waals surface area contributed by atoms with E-state index in [0.717, 1.165) is 23.2 Å². The summed E-state index contributed by atoms with van der Waals surface area (Å²) in [7, 11) is 1.30. The number of likely N-dealkylation sites (N-methyl/N-ethyl adjacent to an activating group) is 1. The molecule has 0 bridgehead atoms. The zero-order chi connectivity index (χ0) is 22.4. The molecule has 1 unspecified atom stereocenters. The highest BCUT2D eigenvalue weighted by Gasteiger charge is 2.52. The van der Waals surface area contributed by atoms with Crippen LogP contribution in [0.3, 0.4) is 0 Å². The first-order valence-corrected chi connectivity index (χ1v) is 8.89. The van der Waals surface area contributed by atoms with Gasteiger partial charge in [0, 0.05) is 24.4 Å². The standard InChI is InChI=1S/C20H14F4N6O/c1-30-17(31)19(29-18(30)25,16-9-13(5-6-26-16)20(22,23)24)14-8-11(2-3-15(14)21)12-4-7-27-28-10-12/h2-10H,1H3,(H2,25,29). The fourth-order valence-electron chi connectivity index (χ4n) is 3.37. The van der Waals surface area contributed by atoms with Crippen molar-refractivity contribution in [2.24, 2.45) is 10.7 Å². The summed E-state index contributed by atoms with van der Waals surface area (Å²) in [5.74, 6) is -1.97. The van der Waals surface area contributed by atoms with Crippen molar-refractivity contribution in [2.45, 2.75) is 11.7 Å². The number of halogens is 4. The molecule has 3 aromatic rings. The van der Waals surface area contributed by atoms with Crippen molar-refractivity contribution in [3.63, 3.8) is 0 Å². The predicted octanol–water partition coefficient (Wildman–Crippen LogP) is 2.73. The van der Waals surface area contributed by atoms with Crippen molar-refractivity contribution in [1.29, 1.82) is 0 Å². The lowest BCUT2D eigenvalue weighted by molar-refractivity contribution is -0.138. The smallest absolute Gasteiger partial charge is 0.369 e. The molecule has 4 rings (SSSR count). The fraction of sp³-hybridized carbons (Fsp3) is 0.150. The van der Waals surface area contributed by atoms with Crippen LogP contribution in [-0.4, -0.2) is 39.0 Å². The normalized spacial score (nSPS) is 18.9. The summed E-state index contributed by atoms with van der Waals surface area (Å²) in [6.07, 6.45) is -0.962. The number of nitrogens with zero attached hydrogens (tertiary/aromatic N) is 5. The van der Waals surface area contributed by atoms with Gasteiger partial charge in [0.05, 0.1) is 23.7 Å². The number of carbonyl (C=O) groups excluding carboxylic acids is 1. The lowest BCUT2D eigenvalue weighted by Crippen LogP contribution is -2.42. The number of nitrogens with two attached hydrogens (primary N) is 1. The van der Waals surface area contributed by atoms with E-state index in [4.69, 9.17) is 5.73 Å². The molecule has 158 valence electrons. The van der Waals surface area contributed by atoms with Gasteiger partial charge in [0.25, 0.3) is 5.91 Å². The third-order valence-corrected chi connectivity index (χ3v) is 4.97. The highest BCUT2D eigenvalue weighted by molar-refractivity contribution is 6.08. The summed E-state index contributed by atoms with van der Waals surface area (Å²) in [4.78, 5) is 22.2. The lowest BCUT2D eigenvalue weighted by Gasteiger charge is -2.26. The van der Waals surface area contributed by atoms with Crippen LogP contribution in [0.1, 0.15) is 16.8 Å². The summed E-state index contributed by atoms with van der Waals surface area (Å²) in [6, 6.07) is 6.90. The fourth-order valence-corrected chi connectivity index (χ4v) is 3.37. The second-order valence-electron chi connectivity index (χ2n) is 6.80. The van der Waals surface area contributed by atoms with Gasteiger partial charge in [-0.1, -0.05) is 6.07 Å². The Kier molecular flexibility index (Phi) is 4.68. The molecule has 0 aliphatic carbocycles. The molecule has 0 fully saturated rings. The number of alkyl halides is 3. The molecule has 1 aromatic carbocycles. The third-order valence-electron chi connectivity index (χ3n) is 4.97. The molecule has 1 atom stereocenters. The minimum Gasteiger partial charge on any atom is -0.369 e. The van der Waals surface area contributed by atoms with Crippen LogP contribution in [0.2, 0.25) is 0 Å². The molecule has 0 spiro atoms. The molecule has 0 radical (unpaired) electrons. The minimum absolute atomic E-state index is 0.278. The molecule has 1 amide bonds. The topological polar surface area (TPSA) is 97.4 Å². The average molecular weight is 430 g/mol. The van der Waals surface area contributed by atoms with Gasteiger partial charge < -0.3 is 5.73 Å². The van der Waals surface area contributed by atoms with E-state index >= 15 is 4.39 Å². The van der Waals surface area contributed by atoms with Gasteiger partial charge in [-0.25, -0.2) is 9.38 Å². The van der Waals surface area contributed by atoms with Crippen LogP contribution in [0.4, 0.5) is 17.6 Å². The van der Waals surface area contributed by atoms with Gasteiger partial charge in [0.2, 0.25) is 5.54 Å². The first-order valence-electron chi connectivity index (χ1n) is 8.89. The van der Waals surface area contributed by atoms with Crippen LogP contribution in [0.15, 0.2) is 60.0 Å². The summed E-state index contributed by atoms with van der Waals surface area (Å²) in [6.45, 7) is 0. The highest BCUT2D eigenvalue weighted by atomic mass is 19.4. The van der Waals surface area contributed by atoms with E-state index in [2.05, 4.69) is 20.2 Å². The Labute approximate surface area is 173 Å². The van der Waals surface area contributed by atoms with Gasteiger partial charge in [-0.2, -0.15) is 23.4 Å². The highest BCUT2D eigenvalue weighted by Crippen LogP contribution is 2.42. The second-order valence-corrected chi connectivity index (χ2v) is 6.80. The molecular formula is C20H14F4N6O. The third kappa shape index (κ3) is 3.27. The Morgan fingerprint density at radius 2 is 1.81 bits per heavy atom. The van der Waals surface area contributed by atoms with Crippen molar-refractivity contribution < 1.29 is 22.4 Å². The largest absolute Gasteiger partial charge is 0.416 e. The Balaban J connectivity index is 2.00. The summed E-state index contributed by atoms with van der Waals surface area (Å²) in [5, 5.41) is 7.43. The van der Waals surface area contributed by atoms with Crippen LogP contribution in [-0.2, 0) is 16.5 Å². The minimum atomic E-state index is -4.70. The Morgan fingerprint density at radius 1 is 1.03 bits per heavy atom. The number of guanidine groups is 1. The molecule has 7 nitrogen and oxygen atoms in total. The monoisotopic (exact) mass is 430 g/mol. The molecular weight excluding hydrogens is 416 g/mol. The van der Waals surface area contributed by atoms with Gasteiger partial charge >= 0.3 is 6.18 Å². The van der Waals surface area contributed by atoms with E-state index in [9.17, 15) is 18.0 Å². The van der Waals surface area contributed by atoms with E-state index in [0.29, 0.717) is 17.2 Å². The van der Waals surface area contributed by atoms with Crippen molar-refractivity contribution in [1.82, 2.24) is 20.1 Å². The number of pyridine rings is 1. The van der Waals surface area contributed by atoms with Gasteiger partial charge in [-0.15, -0.1) is 0 Å². The van der Waals surface area contributed by atoms with Crippen molar-refractivity contribution in [2.75, 3.05) is 7.05 Å². The summed E-state index contributed by atoms with van der Waals surface area (Å²) in [5.41, 5.74) is 2.85. The van der Waals surface area contributed by atoms with Crippen LogP contribution < -0.4 is 5.73 Å². The first-order chi connectivity index (χ1) is 14.6. The van der Waals surface area contributed by atoms with E-state index in [1.807, 2.05) is 0 Å². The Morgan fingerprint density at radius 3 is 2.42 bits per heavy atom. The maximum absolute atomic E-state index is 15.1. The molecule has 1 aliphatic heterocycles. The van der Waals surface area contributed by atoms with Crippen molar-refractivity contribution >= 4 is 11.9 Å². The number of aromatic nitrogens is 3. The number of aliphatic imine (C=N–C) groups is 1. The SMILES string of the molecule is CN1C(=O)C(c2cc(C(F)(F)F)ccn2)(c2cc(-c3ccnnc3)ccc2F)N=C1N. The Hall–Kier alpha value is -3.89. The number of rotatable bonds is 3. The molecule has 0 saturated carbocycles. The summed E-state index contributed by atoms with van der Waals surface area (Å²) >= 11 is 0. The average Bonchev–Trinajstić information content (AvgIpc) is 2.99. The van der Waals surface area contributed by atoms with Crippen LogP contribution in [0.5, 0.6) is 0 Å². The van der Waals surface area contributed by atoms with Crippen LogP contribution in [0.25, 0.3) is 11.1 Å². The first kappa shape index (κ1) is 20.4. The maximum Gasteiger partial charge on any atom is 0.416 e.